The lowest BCUT2D eigenvalue weighted by atomic mass is 9.96. The van der Waals surface area contributed by atoms with Crippen molar-refractivity contribution in [3.63, 3.8) is 0 Å². The second-order valence-electron chi connectivity index (χ2n) is 5.57. The Kier molecular flexibility index (Phi) is 5.02. The zero-order valence-corrected chi connectivity index (χ0v) is 12.3. The van der Waals surface area contributed by atoms with Crippen molar-refractivity contribution < 1.29 is 18.8 Å². The summed E-state index contributed by atoms with van der Waals surface area (Å²) in [6, 6.07) is 3.75. The molecule has 3 amide bonds. The van der Waals surface area contributed by atoms with Gasteiger partial charge in [0.1, 0.15) is 5.82 Å². The minimum Gasteiger partial charge on any atom is -0.317 e. The van der Waals surface area contributed by atoms with E-state index >= 15 is 0 Å². The number of carbonyl (C=O) groups excluding carboxylic acids is 3. The molecule has 6 nitrogen and oxygen atoms in total. The predicted molar refractivity (Wildman–Crippen MR) is 75.5 cm³/mol. The van der Waals surface area contributed by atoms with Gasteiger partial charge in [0, 0.05) is 11.1 Å². The molecule has 0 atom stereocenters. The van der Waals surface area contributed by atoms with Gasteiger partial charge in [-0.2, -0.15) is 0 Å². The van der Waals surface area contributed by atoms with Gasteiger partial charge in [-0.15, -0.1) is 0 Å². The van der Waals surface area contributed by atoms with Crippen LogP contribution in [0, 0.1) is 18.2 Å². The minimum absolute atomic E-state index is 0.318. The maximum atomic E-state index is 12.9. The first-order valence-corrected chi connectivity index (χ1v) is 6.29. The van der Waals surface area contributed by atoms with Crippen LogP contribution in [0.4, 0.5) is 10.1 Å². The maximum absolute atomic E-state index is 12.9. The normalized spacial score (nSPS) is 10.7. The van der Waals surface area contributed by atoms with Crippen molar-refractivity contribution in [2.75, 3.05) is 5.32 Å². The van der Waals surface area contributed by atoms with E-state index in [1.54, 1.807) is 27.7 Å². The Hall–Kier alpha value is -2.44. The monoisotopic (exact) mass is 295 g/mol. The molecule has 1 rings (SSSR count). The molecule has 0 spiro atoms. The van der Waals surface area contributed by atoms with Crippen LogP contribution in [0.5, 0.6) is 0 Å². The molecular formula is C14H18FN3O3. The number of hydrazine groups is 1. The van der Waals surface area contributed by atoms with Crippen LogP contribution in [-0.4, -0.2) is 17.7 Å². The first kappa shape index (κ1) is 16.6. The fourth-order valence-corrected chi connectivity index (χ4v) is 1.30. The topological polar surface area (TPSA) is 87.3 Å². The summed E-state index contributed by atoms with van der Waals surface area (Å²) in [6.45, 7) is 6.58. The van der Waals surface area contributed by atoms with Gasteiger partial charge in [-0.25, -0.2) is 4.39 Å². The van der Waals surface area contributed by atoms with E-state index in [1.807, 2.05) is 5.43 Å². The van der Waals surface area contributed by atoms with Crippen LogP contribution in [-0.2, 0) is 14.4 Å². The number of benzene rings is 1. The summed E-state index contributed by atoms with van der Waals surface area (Å²) < 4.78 is 12.9. The van der Waals surface area contributed by atoms with Crippen molar-refractivity contribution >= 4 is 23.4 Å². The number of rotatable bonds is 1. The Bertz CT molecular complexity index is 579. The lowest BCUT2D eigenvalue weighted by molar-refractivity contribution is -0.139. The first-order valence-electron chi connectivity index (χ1n) is 6.29. The fraction of sp³-hybridized carbons (Fsp3) is 0.357. The number of aryl methyl sites for hydroxylation is 1. The van der Waals surface area contributed by atoms with E-state index in [9.17, 15) is 18.8 Å². The van der Waals surface area contributed by atoms with Gasteiger partial charge >= 0.3 is 11.8 Å². The van der Waals surface area contributed by atoms with Gasteiger partial charge in [0.25, 0.3) is 0 Å². The highest BCUT2D eigenvalue weighted by Gasteiger charge is 2.23. The van der Waals surface area contributed by atoms with Crippen LogP contribution in [0.15, 0.2) is 18.2 Å². The molecule has 0 aliphatic carbocycles. The molecule has 1 aromatic rings. The third-order valence-corrected chi connectivity index (χ3v) is 2.61. The van der Waals surface area contributed by atoms with Crippen molar-refractivity contribution in [1.82, 2.24) is 10.9 Å². The van der Waals surface area contributed by atoms with E-state index in [4.69, 9.17) is 0 Å². The summed E-state index contributed by atoms with van der Waals surface area (Å²) in [5.74, 6) is -2.84. The largest absolute Gasteiger partial charge is 0.328 e. The molecule has 0 fully saturated rings. The smallest absolute Gasteiger partial charge is 0.317 e. The van der Waals surface area contributed by atoms with Crippen molar-refractivity contribution in [2.45, 2.75) is 27.7 Å². The highest BCUT2D eigenvalue weighted by molar-refractivity contribution is 6.39. The van der Waals surface area contributed by atoms with Crippen molar-refractivity contribution in [1.29, 1.82) is 0 Å². The summed E-state index contributed by atoms with van der Waals surface area (Å²) >= 11 is 0. The van der Waals surface area contributed by atoms with Crippen LogP contribution in [0.1, 0.15) is 26.3 Å². The third kappa shape index (κ3) is 4.87. The van der Waals surface area contributed by atoms with Crippen LogP contribution in [0.3, 0.4) is 0 Å². The number of halogens is 1. The zero-order chi connectivity index (χ0) is 16.2. The zero-order valence-electron chi connectivity index (χ0n) is 12.3. The number of amides is 3. The van der Waals surface area contributed by atoms with Crippen molar-refractivity contribution in [2.24, 2.45) is 5.41 Å². The van der Waals surface area contributed by atoms with E-state index < -0.39 is 29.0 Å². The van der Waals surface area contributed by atoms with Crippen LogP contribution in [0.2, 0.25) is 0 Å². The fourth-order valence-electron chi connectivity index (χ4n) is 1.30. The van der Waals surface area contributed by atoms with Gasteiger partial charge in [0.2, 0.25) is 5.91 Å². The first-order chi connectivity index (χ1) is 9.61. The second-order valence-corrected chi connectivity index (χ2v) is 5.57. The van der Waals surface area contributed by atoms with E-state index in [0.29, 0.717) is 11.3 Å². The summed E-state index contributed by atoms with van der Waals surface area (Å²) in [4.78, 5) is 34.7. The van der Waals surface area contributed by atoms with Gasteiger partial charge in [-0.1, -0.05) is 20.8 Å². The van der Waals surface area contributed by atoms with Crippen LogP contribution >= 0.6 is 0 Å². The molecule has 21 heavy (non-hydrogen) atoms. The average Bonchev–Trinajstić information content (AvgIpc) is 2.37. The summed E-state index contributed by atoms with van der Waals surface area (Å²) in [5.41, 5.74) is 4.27. The molecule has 114 valence electrons. The molecule has 1 aromatic carbocycles. The average molecular weight is 295 g/mol. The van der Waals surface area contributed by atoms with Gasteiger partial charge in [-0.05, 0) is 30.7 Å². The van der Waals surface area contributed by atoms with E-state index in [1.165, 1.54) is 18.2 Å². The molecule has 0 aliphatic rings. The SMILES string of the molecule is Cc1cc(F)ccc1NC(=O)C(=O)NNC(=O)C(C)(C)C. The molecule has 0 aliphatic heterocycles. The standard InChI is InChI=1S/C14H18FN3O3/c1-8-7-9(15)5-6-10(8)16-11(19)12(20)17-18-13(21)14(2,3)4/h5-7H,1-4H3,(H,16,19)(H,17,20)(H,18,21). The van der Waals surface area contributed by atoms with Crippen LogP contribution in [0.25, 0.3) is 0 Å². The molecule has 0 bridgehead atoms. The van der Waals surface area contributed by atoms with E-state index in [-0.39, 0.29) is 0 Å². The highest BCUT2D eigenvalue weighted by atomic mass is 19.1. The molecular weight excluding hydrogens is 277 g/mol. The van der Waals surface area contributed by atoms with E-state index in [2.05, 4.69) is 10.7 Å². The number of anilines is 1. The minimum atomic E-state index is -1.02. The number of nitrogens with one attached hydrogen (secondary N) is 3. The van der Waals surface area contributed by atoms with Gasteiger partial charge < -0.3 is 5.32 Å². The summed E-state index contributed by atoms with van der Waals surface area (Å²) in [7, 11) is 0. The molecule has 0 unspecified atom stereocenters. The summed E-state index contributed by atoms with van der Waals surface area (Å²) in [6.07, 6.45) is 0. The molecule has 0 saturated heterocycles. The maximum Gasteiger partial charge on any atom is 0.328 e. The Morgan fingerprint density at radius 1 is 1.05 bits per heavy atom. The van der Waals surface area contributed by atoms with Crippen molar-refractivity contribution in [3.05, 3.63) is 29.6 Å². The van der Waals surface area contributed by atoms with E-state index in [0.717, 1.165) is 0 Å². The Morgan fingerprint density at radius 2 is 1.67 bits per heavy atom. The van der Waals surface area contributed by atoms with Crippen molar-refractivity contribution in [3.8, 4) is 0 Å². The van der Waals surface area contributed by atoms with Gasteiger partial charge in [0.15, 0.2) is 0 Å². The Balaban J connectivity index is 2.59. The van der Waals surface area contributed by atoms with Gasteiger partial charge in [0.05, 0.1) is 0 Å². The van der Waals surface area contributed by atoms with Crippen LogP contribution < -0.4 is 16.2 Å². The Morgan fingerprint density at radius 3 is 2.19 bits per heavy atom. The molecule has 7 heteroatoms. The lowest BCUT2D eigenvalue weighted by Crippen LogP contribution is -2.50. The third-order valence-electron chi connectivity index (χ3n) is 2.61. The van der Waals surface area contributed by atoms with Gasteiger partial charge in [-0.3, -0.25) is 25.2 Å². The number of carbonyl (C=O) groups is 3. The molecule has 3 N–H and O–H groups in total. The Labute approximate surface area is 122 Å². The number of hydrogen-bond donors (Lipinski definition) is 3. The molecule has 0 radical (unpaired) electrons. The lowest BCUT2D eigenvalue weighted by Gasteiger charge is -2.17. The second kappa shape index (κ2) is 6.34. The quantitative estimate of drug-likeness (QED) is 0.538. The summed E-state index contributed by atoms with van der Waals surface area (Å²) in [5, 5.41) is 2.33. The number of hydrogen-bond acceptors (Lipinski definition) is 3. The predicted octanol–water partition coefficient (Wildman–Crippen LogP) is 1.27. The highest BCUT2D eigenvalue weighted by Crippen LogP contribution is 2.15. The molecule has 0 saturated carbocycles. The molecule has 0 aromatic heterocycles. The molecule has 0 heterocycles.